The van der Waals surface area contributed by atoms with E-state index in [0.29, 0.717) is 0 Å². The summed E-state index contributed by atoms with van der Waals surface area (Å²) < 4.78 is 24.7. The summed E-state index contributed by atoms with van der Waals surface area (Å²) in [7, 11) is -3.55. The lowest BCUT2D eigenvalue weighted by molar-refractivity contribution is 0.604. The summed E-state index contributed by atoms with van der Waals surface area (Å²) in [6, 6.07) is 0. The molecule has 0 spiro atoms. The summed E-state index contributed by atoms with van der Waals surface area (Å²) in [4.78, 5) is 7.33. The zero-order valence-electron chi connectivity index (χ0n) is 7.04. The fourth-order valence-corrected chi connectivity index (χ4v) is 2.07. The maximum absolute atomic E-state index is 11.3. The molecule has 0 unspecified atom stereocenters. The van der Waals surface area contributed by atoms with Crippen LogP contribution in [0.3, 0.4) is 0 Å². The Bertz CT molecular complexity index is 417. The summed E-state index contributed by atoms with van der Waals surface area (Å²) >= 11 is 4.48. The summed E-state index contributed by atoms with van der Waals surface area (Å²) in [5.74, 6) is -0.262. The molecule has 1 heterocycles. The molecule has 0 saturated heterocycles. The van der Waals surface area contributed by atoms with Gasteiger partial charge in [-0.1, -0.05) is 12.2 Å². The van der Waals surface area contributed by atoms with Crippen LogP contribution in [0, 0.1) is 0 Å². The fraction of sp³-hybridized carbons (Fsp3) is 0.167. The van der Waals surface area contributed by atoms with Crippen molar-refractivity contribution in [1.82, 2.24) is 9.97 Å². The first kappa shape index (κ1) is 10.8. The average Bonchev–Trinajstić information content (AvgIpc) is 2.02. The standard InChI is InChI=1S/C6H8N4O2S2/c7-5(13)4-14(11,12)10-6-3-8-1-2-9-6/h1-3H,4H2,(H2,7,13)(H,9,10). The van der Waals surface area contributed by atoms with Crippen LogP contribution in [-0.2, 0) is 10.0 Å². The van der Waals surface area contributed by atoms with E-state index in [9.17, 15) is 8.42 Å². The highest BCUT2D eigenvalue weighted by atomic mass is 32.2. The predicted molar refractivity (Wildman–Crippen MR) is 56.2 cm³/mol. The number of nitrogens with zero attached hydrogens (tertiary/aromatic N) is 2. The van der Waals surface area contributed by atoms with E-state index in [2.05, 4.69) is 26.9 Å². The van der Waals surface area contributed by atoms with Crippen LogP contribution in [0.4, 0.5) is 5.82 Å². The molecular formula is C6H8N4O2S2. The van der Waals surface area contributed by atoms with Crippen LogP contribution in [0.25, 0.3) is 0 Å². The van der Waals surface area contributed by atoms with E-state index in [0.717, 1.165) is 0 Å². The molecule has 1 aromatic heterocycles. The minimum atomic E-state index is -3.55. The van der Waals surface area contributed by atoms with Gasteiger partial charge in [-0.3, -0.25) is 9.71 Å². The lowest BCUT2D eigenvalue weighted by atomic mass is 10.7. The van der Waals surface area contributed by atoms with Gasteiger partial charge in [0.2, 0.25) is 10.0 Å². The van der Waals surface area contributed by atoms with Gasteiger partial charge in [-0.25, -0.2) is 13.4 Å². The second-order valence-electron chi connectivity index (χ2n) is 2.42. The van der Waals surface area contributed by atoms with E-state index in [1.165, 1.54) is 18.6 Å². The van der Waals surface area contributed by atoms with Gasteiger partial charge < -0.3 is 5.73 Å². The first-order valence-corrected chi connectivity index (χ1v) is 5.60. The highest BCUT2D eigenvalue weighted by Gasteiger charge is 2.12. The summed E-state index contributed by atoms with van der Waals surface area (Å²) in [6.45, 7) is 0. The Morgan fingerprint density at radius 3 is 2.79 bits per heavy atom. The Balaban J connectivity index is 2.74. The number of hydrogen-bond acceptors (Lipinski definition) is 5. The van der Waals surface area contributed by atoms with E-state index in [-0.39, 0.29) is 10.8 Å². The normalized spacial score (nSPS) is 10.9. The average molecular weight is 232 g/mol. The highest BCUT2D eigenvalue weighted by Crippen LogP contribution is 2.01. The second kappa shape index (κ2) is 4.29. The molecule has 0 aliphatic heterocycles. The Hall–Kier alpha value is -1.28. The molecule has 0 atom stereocenters. The van der Waals surface area contributed by atoms with Gasteiger partial charge in [0.1, 0.15) is 5.75 Å². The molecule has 0 amide bonds. The van der Waals surface area contributed by atoms with Gasteiger partial charge in [-0.2, -0.15) is 0 Å². The molecule has 0 aliphatic carbocycles. The van der Waals surface area contributed by atoms with Crippen molar-refractivity contribution >= 4 is 33.0 Å². The van der Waals surface area contributed by atoms with Gasteiger partial charge in [0, 0.05) is 12.4 Å². The second-order valence-corrected chi connectivity index (χ2v) is 4.66. The quantitative estimate of drug-likeness (QED) is 0.679. The topological polar surface area (TPSA) is 98.0 Å². The molecule has 0 aliphatic rings. The van der Waals surface area contributed by atoms with Crippen molar-refractivity contribution in [2.45, 2.75) is 0 Å². The Morgan fingerprint density at radius 2 is 2.29 bits per heavy atom. The number of sulfonamides is 1. The van der Waals surface area contributed by atoms with Gasteiger partial charge >= 0.3 is 0 Å². The third kappa shape index (κ3) is 3.62. The van der Waals surface area contributed by atoms with Crippen LogP contribution in [-0.4, -0.2) is 29.1 Å². The molecule has 3 N–H and O–H groups in total. The van der Waals surface area contributed by atoms with E-state index in [1.807, 2.05) is 0 Å². The first-order chi connectivity index (χ1) is 6.49. The zero-order valence-corrected chi connectivity index (χ0v) is 8.68. The molecule has 0 aromatic carbocycles. The Morgan fingerprint density at radius 1 is 1.57 bits per heavy atom. The maximum atomic E-state index is 11.3. The maximum Gasteiger partial charge on any atom is 0.240 e. The van der Waals surface area contributed by atoms with Crippen molar-refractivity contribution in [3.05, 3.63) is 18.6 Å². The predicted octanol–water partition coefficient (Wildman–Crippen LogP) is -0.496. The number of hydrogen-bond donors (Lipinski definition) is 2. The van der Waals surface area contributed by atoms with E-state index in [1.54, 1.807) is 0 Å². The molecule has 14 heavy (non-hydrogen) atoms. The molecule has 0 bridgehead atoms. The molecule has 1 rings (SSSR count). The van der Waals surface area contributed by atoms with E-state index >= 15 is 0 Å². The molecule has 1 aromatic rings. The number of rotatable bonds is 4. The van der Waals surface area contributed by atoms with Crippen LogP contribution in [0.1, 0.15) is 0 Å². The van der Waals surface area contributed by atoms with E-state index < -0.39 is 15.8 Å². The van der Waals surface area contributed by atoms with Gasteiger partial charge in [-0.15, -0.1) is 0 Å². The number of thiocarbonyl (C=S) groups is 1. The van der Waals surface area contributed by atoms with Crippen molar-refractivity contribution in [2.24, 2.45) is 5.73 Å². The highest BCUT2D eigenvalue weighted by molar-refractivity contribution is 7.95. The largest absolute Gasteiger partial charge is 0.392 e. The van der Waals surface area contributed by atoms with Crippen molar-refractivity contribution in [1.29, 1.82) is 0 Å². The van der Waals surface area contributed by atoms with Crippen LogP contribution in [0.2, 0.25) is 0 Å². The molecule has 0 saturated carbocycles. The third-order valence-electron chi connectivity index (χ3n) is 1.16. The van der Waals surface area contributed by atoms with Crippen molar-refractivity contribution in [2.75, 3.05) is 10.5 Å². The molecular weight excluding hydrogens is 224 g/mol. The Labute approximate surface area is 86.6 Å². The molecule has 6 nitrogen and oxygen atoms in total. The molecule has 76 valence electrons. The van der Waals surface area contributed by atoms with Crippen molar-refractivity contribution in [3.8, 4) is 0 Å². The van der Waals surface area contributed by atoms with Gasteiger partial charge in [-0.05, 0) is 0 Å². The van der Waals surface area contributed by atoms with Crippen LogP contribution < -0.4 is 10.5 Å². The number of nitrogens with one attached hydrogen (secondary N) is 1. The van der Waals surface area contributed by atoms with Crippen molar-refractivity contribution < 1.29 is 8.42 Å². The number of aromatic nitrogens is 2. The first-order valence-electron chi connectivity index (χ1n) is 3.54. The summed E-state index contributed by atoms with van der Waals surface area (Å²) in [5.41, 5.74) is 5.11. The monoisotopic (exact) mass is 232 g/mol. The van der Waals surface area contributed by atoms with Crippen molar-refractivity contribution in [3.63, 3.8) is 0 Å². The molecule has 8 heteroatoms. The van der Waals surface area contributed by atoms with Gasteiger partial charge in [0.05, 0.1) is 11.2 Å². The molecule has 0 radical (unpaired) electrons. The lowest BCUT2D eigenvalue weighted by Crippen LogP contribution is -2.26. The number of anilines is 1. The summed E-state index contributed by atoms with van der Waals surface area (Å²) in [5, 5.41) is 0. The minimum absolute atomic E-state index is 0.0959. The zero-order chi connectivity index (χ0) is 10.6. The summed E-state index contributed by atoms with van der Waals surface area (Å²) in [6.07, 6.45) is 4.10. The number of nitrogens with two attached hydrogens (primary N) is 1. The smallest absolute Gasteiger partial charge is 0.240 e. The van der Waals surface area contributed by atoms with Crippen LogP contribution in [0.5, 0.6) is 0 Å². The Kier molecular flexibility index (Phi) is 3.31. The van der Waals surface area contributed by atoms with Crippen LogP contribution >= 0.6 is 12.2 Å². The van der Waals surface area contributed by atoms with Crippen LogP contribution in [0.15, 0.2) is 18.6 Å². The third-order valence-corrected chi connectivity index (χ3v) is 2.69. The molecule has 0 fully saturated rings. The van der Waals surface area contributed by atoms with Gasteiger partial charge in [0.25, 0.3) is 0 Å². The lowest BCUT2D eigenvalue weighted by Gasteiger charge is -2.04. The SMILES string of the molecule is NC(=S)CS(=O)(=O)Nc1cnccn1. The van der Waals surface area contributed by atoms with Gasteiger partial charge in [0.15, 0.2) is 5.82 Å². The van der Waals surface area contributed by atoms with E-state index in [4.69, 9.17) is 5.73 Å². The fourth-order valence-electron chi connectivity index (χ4n) is 0.734. The minimum Gasteiger partial charge on any atom is -0.392 e.